The molecule has 0 bridgehead atoms. The van der Waals surface area contributed by atoms with Gasteiger partial charge in [-0.05, 0) is 67.3 Å². The quantitative estimate of drug-likeness (QED) is 0.641. The Morgan fingerprint density at radius 3 is 2.59 bits per heavy atom. The van der Waals surface area contributed by atoms with Crippen molar-refractivity contribution < 1.29 is 9.18 Å². The molecule has 27 heavy (non-hydrogen) atoms. The van der Waals surface area contributed by atoms with Crippen LogP contribution in [0.15, 0.2) is 48.7 Å². The van der Waals surface area contributed by atoms with E-state index in [-0.39, 0.29) is 11.7 Å². The highest BCUT2D eigenvalue weighted by Crippen LogP contribution is 2.32. The molecule has 138 valence electrons. The number of hydrogen-bond donors (Lipinski definition) is 0. The molecule has 1 aliphatic rings. The third kappa shape index (κ3) is 2.95. The van der Waals surface area contributed by atoms with E-state index >= 15 is 0 Å². The van der Waals surface area contributed by atoms with E-state index in [2.05, 4.69) is 36.6 Å². The number of aryl methyl sites for hydroxylation is 2. The van der Waals surface area contributed by atoms with Crippen molar-refractivity contribution in [3.63, 3.8) is 0 Å². The van der Waals surface area contributed by atoms with Gasteiger partial charge in [0, 0.05) is 41.4 Å². The van der Waals surface area contributed by atoms with Crippen LogP contribution < -0.4 is 0 Å². The van der Waals surface area contributed by atoms with E-state index in [0.29, 0.717) is 12.1 Å². The summed E-state index contributed by atoms with van der Waals surface area (Å²) in [5.41, 5.74) is 5.62. The number of hydrogen-bond acceptors (Lipinski definition) is 1. The lowest BCUT2D eigenvalue weighted by atomic mass is 10.0. The van der Waals surface area contributed by atoms with Crippen molar-refractivity contribution in [1.29, 1.82) is 0 Å². The molecule has 0 aliphatic carbocycles. The SMILES string of the molecule is CCc1cccc2c1c1c(n2CC)C=CN(C(=O)c2ccc(F)cc2)CC1. The van der Waals surface area contributed by atoms with Gasteiger partial charge in [-0.15, -0.1) is 0 Å². The van der Waals surface area contributed by atoms with Crippen LogP contribution in [0.5, 0.6) is 0 Å². The van der Waals surface area contributed by atoms with Gasteiger partial charge < -0.3 is 9.47 Å². The fourth-order valence-corrected chi connectivity index (χ4v) is 4.05. The van der Waals surface area contributed by atoms with Gasteiger partial charge in [-0.2, -0.15) is 0 Å². The lowest BCUT2D eigenvalue weighted by molar-refractivity contribution is 0.0825. The largest absolute Gasteiger partial charge is 0.341 e. The van der Waals surface area contributed by atoms with Crippen LogP contribution in [-0.2, 0) is 19.4 Å². The molecule has 0 saturated heterocycles. The van der Waals surface area contributed by atoms with Gasteiger partial charge in [-0.1, -0.05) is 19.1 Å². The number of fused-ring (bicyclic) bond motifs is 3. The van der Waals surface area contributed by atoms with E-state index < -0.39 is 0 Å². The highest BCUT2D eigenvalue weighted by molar-refractivity contribution is 5.96. The average Bonchev–Trinajstić information content (AvgIpc) is 2.84. The molecule has 2 heterocycles. The number of carbonyl (C=O) groups is 1. The van der Waals surface area contributed by atoms with Crippen LogP contribution in [0.3, 0.4) is 0 Å². The molecule has 0 radical (unpaired) electrons. The van der Waals surface area contributed by atoms with E-state index in [1.807, 2.05) is 12.3 Å². The zero-order chi connectivity index (χ0) is 19.0. The summed E-state index contributed by atoms with van der Waals surface area (Å²) >= 11 is 0. The highest BCUT2D eigenvalue weighted by Gasteiger charge is 2.22. The molecule has 0 saturated carbocycles. The van der Waals surface area contributed by atoms with Crippen molar-refractivity contribution in [2.45, 2.75) is 33.2 Å². The Kier molecular flexibility index (Phi) is 4.56. The standard InChI is InChI=1S/C23H23FN2O/c1-3-16-6-5-7-21-22(16)19-12-14-25(15-13-20(19)26(21)4-2)23(27)17-8-10-18(24)11-9-17/h5-11,13,15H,3-4,12,14H2,1-2H3. The predicted molar refractivity (Wildman–Crippen MR) is 107 cm³/mol. The van der Waals surface area contributed by atoms with Crippen LogP contribution in [0.4, 0.5) is 4.39 Å². The zero-order valence-corrected chi connectivity index (χ0v) is 15.7. The first kappa shape index (κ1) is 17.5. The number of benzene rings is 2. The molecular formula is C23H23FN2O. The lowest BCUT2D eigenvalue weighted by Crippen LogP contribution is -2.27. The van der Waals surface area contributed by atoms with Crippen LogP contribution in [0.2, 0.25) is 0 Å². The van der Waals surface area contributed by atoms with E-state index in [4.69, 9.17) is 0 Å². The Balaban J connectivity index is 1.75. The maximum absolute atomic E-state index is 13.2. The second kappa shape index (κ2) is 7.03. The highest BCUT2D eigenvalue weighted by atomic mass is 19.1. The summed E-state index contributed by atoms with van der Waals surface area (Å²) in [6.45, 7) is 5.83. The van der Waals surface area contributed by atoms with Crippen LogP contribution >= 0.6 is 0 Å². The summed E-state index contributed by atoms with van der Waals surface area (Å²) in [5, 5.41) is 1.33. The summed E-state index contributed by atoms with van der Waals surface area (Å²) in [7, 11) is 0. The predicted octanol–water partition coefficient (Wildman–Crippen LogP) is 5.03. The van der Waals surface area contributed by atoms with Crippen molar-refractivity contribution in [1.82, 2.24) is 9.47 Å². The molecule has 1 aliphatic heterocycles. The van der Waals surface area contributed by atoms with Crippen LogP contribution in [0.25, 0.3) is 17.0 Å². The molecule has 2 aromatic carbocycles. The van der Waals surface area contributed by atoms with Gasteiger partial charge in [-0.25, -0.2) is 4.39 Å². The van der Waals surface area contributed by atoms with Crippen molar-refractivity contribution in [3.8, 4) is 0 Å². The monoisotopic (exact) mass is 362 g/mol. The number of amides is 1. The fraction of sp³-hybridized carbons (Fsp3) is 0.261. The first-order chi connectivity index (χ1) is 13.1. The van der Waals surface area contributed by atoms with Gasteiger partial charge in [0.25, 0.3) is 5.91 Å². The Hall–Kier alpha value is -2.88. The first-order valence-corrected chi connectivity index (χ1v) is 9.51. The molecule has 0 atom stereocenters. The van der Waals surface area contributed by atoms with E-state index in [0.717, 1.165) is 19.4 Å². The molecule has 1 amide bonds. The van der Waals surface area contributed by atoms with Crippen LogP contribution in [0, 0.1) is 5.82 Å². The third-order valence-corrected chi connectivity index (χ3v) is 5.39. The Bertz CT molecular complexity index is 1030. The number of carbonyl (C=O) groups excluding carboxylic acids is 1. The van der Waals surface area contributed by atoms with E-state index in [1.54, 1.807) is 17.0 Å². The van der Waals surface area contributed by atoms with E-state index in [9.17, 15) is 9.18 Å². The summed E-state index contributed by atoms with van der Waals surface area (Å²) < 4.78 is 15.5. The zero-order valence-electron chi connectivity index (χ0n) is 15.7. The molecule has 1 aromatic heterocycles. The summed E-state index contributed by atoms with van der Waals surface area (Å²) in [6, 6.07) is 12.2. The molecule has 4 heteroatoms. The van der Waals surface area contributed by atoms with Crippen molar-refractivity contribution in [2.75, 3.05) is 6.54 Å². The second-order valence-corrected chi connectivity index (χ2v) is 6.84. The molecule has 0 spiro atoms. The number of halogens is 1. The van der Waals surface area contributed by atoms with Crippen molar-refractivity contribution >= 4 is 22.9 Å². The lowest BCUT2D eigenvalue weighted by Gasteiger charge is -2.17. The van der Waals surface area contributed by atoms with Crippen LogP contribution in [0.1, 0.15) is 41.0 Å². The smallest absolute Gasteiger partial charge is 0.257 e. The summed E-state index contributed by atoms with van der Waals surface area (Å²) in [4.78, 5) is 14.6. The molecule has 3 nitrogen and oxygen atoms in total. The topological polar surface area (TPSA) is 25.2 Å². The van der Waals surface area contributed by atoms with Gasteiger partial charge in [0.1, 0.15) is 5.82 Å². The van der Waals surface area contributed by atoms with Gasteiger partial charge in [0.2, 0.25) is 0 Å². The number of nitrogens with zero attached hydrogens (tertiary/aromatic N) is 2. The minimum absolute atomic E-state index is 0.0977. The molecule has 3 aromatic rings. The van der Waals surface area contributed by atoms with Crippen molar-refractivity contribution in [3.05, 3.63) is 76.9 Å². The van der Waals surface area contributed by atoms with E-state index in [1.165, 1.54) is 39.9 Å². The number of aromatic nitrogens is 1. The van der Waals surface area contributed by atoms with Gasteiger partial charge in [0.15, 0.2) is 0 Å². The summed E-state index contributed by atoms with van der Waals surface area (Å²) in [6.07, 6.45) is 5.70. The Morgan fingerprint density at radius 1 is 1.11 bits per heavy atom. The molecule has 0 N–H and O–H groups in total. The maximum atomic E-state index is 13.2. The minimum Gasteiger partial charge on any atom is -0.341 e. The third-order valence-electron chi connectivity index (χ3n) is 5.39. The Labute approximate surface area is 158 Å². The fourth-order valence-electron chi connectivity index (χ4n) is 4.05. The number of rotatable bonds is 3. The second-order valence-electron chi connectivity index (χ2n) is 6.84. The first-order valence-electron chi connectivity index (χ1n) is 9.51. The van der Waals surface area contributed by atoms with Gasteiger partial charge in [-0.3, -0.25) is 4.79 Å². The summed E-state index contributed by atoms with van der Waals surface area (Å²) in [5.74, 6) is -0.430. The molecule has 0 unspecified atom stereocenters. The Morgan fingerprint density at radius 2 is 1.89 bits per heavy atom. The molecule has 0 fully saturated rings. The average molecular weight is 362 g/mol. The minimum atomic E-state index is -0.333. The maximum Gasteiger partial charge on any atom is 0.257 e. The van der Waals surface area contributed by atoms with Gasteiger partial charge >= 0.3 is 0 Å². The molecular weight excluding hydrogens is 339 g/mol. The van der Waals surface area contributed by atoms with Crippen LogP contribution in [-0.4, -0.2) is 21.9 Å². The molecule has 4 rings (SSSR count). The normalized spacial score (nSPS) is 13.7. The van der Waals surface area contributed by atoms with Gasteiger partial charge in [0.05, 0.1) is 0 Å². The van der Waals surface area contributed by atoms with Crippen molar-refractivity contribution in [2.24, 2.45) is 0 Å².